The highest BCUT2D eigenvalue weighted by atomic mass is 32.2. The van der Waals surface area contributed by atoms with E-state index in [1.807, 2.05) is 0 Å². The molecular formula is C17H23N3O4S. The summed E-state index contributed by atoms with van der Waals surface area (Å²) >= 11 is 0. The Kier molecular flexibility index (Phi) is 5.39. The lowest BCUT2D eigenvalue weighted by Gasteiger charge is -2.31. The maximum absolute atomic E-state index is 12.7. The van der Waals surface area contributed by atoms with Crippen molar-refractivity contribution >= 4 is 22.3 Å². The molecule has 2 aliphatic rings. The zero-order chi connectivity index (χ0) is 17.9. The van der Waals surface area contributed by atoms with E-state index in [1.165, 1.54) is 16.4 Å². The first-order chi connectivity index (χ1) is 12.0. The number of hydrogen-bond acceptors (Lipinski definition) is 4. The van der Waals surface area contributed by atoms with Gasteiger partial charge in [0.05, 0.1) is 4.90 Å². The largest absolute Gasteiger partial charge is 0.349 e. The lowest BCUT2D eigenvalue weighted by molar-refractivity contribution is -0.119. The summed E-state index contributed by atoms with van der Waals surface area (Å²) in [6.45, 7) is 1.35. The van der Waals surface area contributed by atoms with Gasteiger partial charge in [-0.15, -0.1) is 0 Å². The van der Waals surface area contributed by atoms with E-state index >= 15 is 0 Å². The number of carbonyl (C=O) groups excluding carboxylic acids is 2. The van der Waals surface area contributed by atoms with Crippen molar-refractivity contribution in [2.75, 3.05) is 26.2 Å². The smallest absolute Gasteiger partial charge is 0.251 e. The zero-order valence-corrected chi connectivity index (χ0v) is 14.9. The fraction of sp³-hybridized carbons (Fsp3) is 0.529. The molecule has 8 heteroatoms. The predicted molar refractivity (Wildman–Crippen MR) is 92.6 cm³/mol. The van der Waals surface area contributed by atoms with Crippen molar-refractivity contribution in [3.63, 3.8) is 0 Å². The third-order valence-electron chi connectivity index (χ3n) is 4.87. The van der Waals surface area contributed by atoms with E-state index in [4.69, 9.17) is 0 Å². The average molecular weight is 365 g/mol. The first-order valence-electron chi connectivity index (χ1n) is 8.61. The molecule has 0 bridgehead atoms. The summed E-state index contributed by atoms with van der Waals surface area (Å²) in [5.74, 6) is -0.157. The van der Waals surface area contributed by atoms with Crippen molar-refractivity contribution in [2.24, 2.45) is 0 Å². The summed E-state index contributed by atoms with van der Waals surface area (Å²) in [6.07, 6.45) is 5.02. The van der Waals surface area contributed by atoms with Crippen LogP contribution in [0.25, 0.3) is 0 Å². The summed E-state index contributed by atoms with van der Waals surface area (Å²) in [6, 6.07) is 6.29. The summed E-state index contributed by atoms with van der Waals surface area (Å²) in [7, 11) is -3.60. The minimum absolute atomic E-state index is 0.157. The van der Waals surface area contributed by atoms with Gasteiger partial charge >= 0.3 is 0 Å². The summed E-state index contributed by atoms with van der Waals surface area (Å²) < 4.78 is 26.7. The number of rotatable bonds is 5. The Hall–Kier alpha value is -1.93. The van der Waals surface area contributed by atoms with Gasteiger partial charge in [-0.05, 0) is 37.1 Å². The Morgan fingerprint density at radius 2 is 1.64 bits per heavy atom. The van der Waals surface area contributed by atoms with E-state index in [0.29, 0.717) is 18.7 Å². The fourth-order valence-electron chi connectivity index (χ4n) is 3.32. The van der Waals surface area contributed by atoms with Gasteiger partial charge in [-0.25, -0.2) is 8.42 Å². The average Bonchev–Trinajstić information content (AvgIpc) is 3.15. The van der Waals surface area contributed by atoms with Crippen LogP contribution in [0.5, 0.6) is 0 Å². The van der Waals surface area contributed by atoms with E-state index in [9.17, 15) is 18.0 Å². The number of nitrogens with one attached hydrogen (secondary N) is 1. The molecule has 1 saturated heterocycles. The Morgan fingerprint density at radius 1 is 1.04 bits per heavy atom. The Labute approximate surface area is 148 Å². The molecular weight excluding hydrogens is 342 g/mol. The van der Waals surface area contributed by atoms with Gasteiger partial charge < -0.3 is 10.2 Å². The molecule has 1 aromatic carbocycles. The normalized spacial score (nSPS) is 19.8. The molecule has 1 saturated carbocycles. The van der Waals surface area contributed by atoms with E-state index < -0.39 is 10.0 Å². The van der Waals surface area contributed by atoms with Gasteiger partial charge in [-0.3, -0.25) is 9.59 Å². The minimum Gasteiger partial charge on any atom is -0.349 e. The highest BCUT2D eigenvalue weighted by Gasteiger charge is 2.28. The number of hydrogen-bond donors (Lipinski definition) is 1. The van der Waals surface area contributed by atoms with E-state index in [1.54, 1.807) is 17.0 Å². The summed E-state index contributed by atoms with van der Waals surface area (Å²) in [5, 5.41) is 2.99. The second-order valence-corrected chi connectivity index (χ2v) is 8.46. The summed E-state index contributed by atoms with van der Waals surface area (Å²) in [5.41, 5.74) is 0.469. The summed E-state index contributed by atoms with van der Waals surface area (Å²) in [4.78, 5) is 24.7. The van der Waals surface area contributed by atoms with Crippen molar-refractivity contribution in [3.05, 3.63) is 29.8 Å². The number of sulfonamides is 1. The third kappa shape index (κ3) is 4.01. The SMILES string of the molecule is O=CN1CCN(S(=O)(=O)c2ccc(C(=O)NC3CCCC3)cc2)CC1. The van der Waals surface area contributed by atoms with Gasteiger partial charge in [0, 0.05) is 37.8 Å². The molecule has 1 aromatic rings. The molecule has 1 heterocycles. The fourth-order valence-corrected chi connectivity index (χ4v) is 4.74. The lowest BCUT2D eigenvalue weighted by Crippen LogP contribution is -2.47. The van der Waals surface area contributed by atoms with Crippen LogP contribution in [0.3, 0.4) is 0 Å². The lowest BCUT2D eigenvalue weighted by atomic mass is 10.2. The quantitative estimate of drug-likeness (QED) is 0.783. The van der Waals surface area contributed by atoms with Gasteiger partial charge in [-0.1, -0.05) is 12.8 Å². The molecule has 0 aromatic heterocycles. The molecule has 3 rings (SSSR count). The molecule has 0 radical (unpaired) electrons. The monoisotopic (exact) mass is 365 g/mol. The van der Waals surface area contributed by atoms with Crippen LogP contribution < -0.4 is 5.32 Å². The standard InChI is InChI=1S/C17H23N3O4S/c21-13-19-9-11-20(12-10-19)25(23,24)16-7-5-14(6-8-16)17(22)18-15-3-1-2-4-15/h5-8,13,15H,1-4,9-12H2,(H,18,22). The van der Waals surface area contributed by atoms with Crippen LogP contribution in [0.2, 0.25) is 0 Å². The predicted octanol–water partition coefficient (Wildman–Crippen LogP) is 0.822. The van der Waals surface area contributed by atoms with Crippen molar-refractivity contribution in [1.29, 1.82) is 0 Å². The number of amides is 2. The maximum Gasteiger partial charge on any atom is 0.251 e. The minimum atomic E-state index is -3.60. The molecule has 2 amide bonds. The second kappa shape index (κ2) is 7.53. The molecule has 136 valence electrons. The van der Waals surface area contributed by atoms with Gasteiger partial charge in [0.15, 0.2) is 0 Å². The Morgan fingerprint density at radius 3 is 2.20 bits per heavy atom. The Balaban J connectivity index is 1.66. The first-order valence-corrected chi connectivity index (χ1v) is 10.0. The molecule has 0 unspecified atom stereocenters. The highest BCUT2D eigenvalue weighted by Crippen LogP contribution is 2.20. The molecule has 0 atom stereocenters. The molecule has 1 aliphatic carbocycles. The third-order valence-corrected chi connectivity index (χ3v) is 6.78. The molecule has 7 nitrogen and oxygen atoms in total. The number of piperazine rings is 1. The number of nitrogens with zero attached hydrogens (tertiary/aromatic N) is 2. The van der Waals surface area contributed by atoms with E-state index in [-0.39, 0.29) is 29.9 Å². The van der Waals surface area contributed by atoms with Crippen LogP contribution in [0.4, 0.5) is 0 Å². The van der Waals surface area contributed by atoms with Gasteiger partial charge in [0.25, 0.3) is 5.91 Å². The van der Waals surface area contributed by atoms with Crippen LogP contribution in [0.15, 0.2) is 29.2 Å². The number of carbonyl (C=O) groups is 2. The molecule has 25 heavy (non-hydrogen) atoms. The maximum atomic E-state index is 12.7. The first kappa shape index (κ1) is 17.9. The van der Waals surface area contributed by atoms with E-state index in [0.717, 1.165) is 32.1 Å². The highest BCUT2D eigenvalue weighted by molar-refractivity contribution is 7.89. The van der Waals surface area contributed by atoms with Crippen LogP contribution >= 0.6 is 0 Å². The molecule has 1 N–H and O–H groups in total. The van der Waals surface area contributed by atoms with Crippen molar-refractivity contribution in [2.45, 2.75) is 36.6 Å². The van der Waals surface area contributed by atoms with Crippen LogP contribution in [0.1, 0.15) is 36.0 Å². The van der Waals surface area contributed by atoms with E-state index in [2.05, 4.69) is 5.32 Å². The van der Waals surface area contributed by atoms with Crippen molar-refractivity contribution < 1.29 is 18.0 Å². The van der Waals surface area contributed by atoms with Gasteiger partial charge in [0.2, 0.25) is 16.4 Å². The van der Waals surface area contributed by atoms with Crippen LogP contribution in [0, 0.1) is 0 Å². The van der Waals surface area contributed by atoms with Crippen LogP contribution in [-0.2, 0) is 14.8 Å². The number of benzene rings is 1. The molecule has 2 fully saturated rings. The topological polar surface area (TPSA) is 86.8 Å². The van der Waals surface area contributed by atoms with Gasteiger partial charge in [0.1, 0.15) is 0 Å². The Bertz CT molecular complexity index is 719. The van der Waals surface area contributed by atoms with Crippen molar-refractivity contribution in [1.82, 2.24) is 14.5 Å². The van der Waals surface area contributed by atoms with Gasteiger partial charge in [-0.2, -0.15) is 4.31 Å². The molecule has 0 spiro atoms. The second-order valence-electron chi connectivity index (χ2n) is 6.52. The zero-order valence-electron chi connectivity index (χ0n) is 14.1. The molecule has 1 aliphatic heterocycles. The van der Waals surface area contributed by atoms with Crippen molar-refractivity contribution in [3.8, 4) is 0 Å². The van der Waals surface area contributed by atoms with Crippen LogP contribution in [-0.4, -0.2) is 62.2 Å².